The molecule has 1 N–H and O–H groups in total. The number of carbonyl (C=O) groups is 1. The van der Waals surface area contributed by atoms with E-state index < -0.39 is 0 Å². The predicted molar refractivity (Wildman–Crippen MR) is 96.3 cm³/mol. The van der Waals surface area contributed by atoms with Crippen LogP contribution >= 0.6 is 34.7 Å². The molecule has 3 aromatic rings. The normalized spacial score (nSPS) is 10.5. The second-order valence-electron chi connectivity index (χ2n) is 4.79. The second kappa shape index (κ2) is 7.17. The van der Waals surface area contributed by atoms with Crippen LogP contribution in [0.2, 0.25) is 10.0 Å². The summed E-state index contributed by atoms with van der Waals surface area (Å²) in [5.74, 6) is 0.399. The van der Waals surface area contributed by atoms with E-state index >= 15 is 0 Å². The first-order valence-corrected chi connectivity index (χ1v) is 8.34. The van der Waals surface area contributed by atoms with E-state index in [0.717, 1.165) is 22.8 Å². The molecule has 0 unspecified atom stereocenters. The molecule has 0 aliphatic carbocycles. The van der Waals surface area contributed by atoms with Crippen molar-refractivity contribution in [3.8, 4) is 17.0 Å². The maximum absolute atomic E-state index is 12.5. The van der Waals surface area contributed by atoms with Gasteiger partial charge in [0.15, 0.2) is 0 Å². The summed E-state index contributed by atoms with van der Waals surface area (Å²) in [5, 5.41) is 7.69. The molecule has 24 heavy (non-hydrogen) atoms. The van der Waals surface area contributed by atoms with Crippen molar-refractivity contribution in [1.29, 1.82) is 0 Å². The summed E-state index contributed by atoms with van der Waals surface area (Å²) in [6.45, 7) is 0. The van der Waals surface area contributed by atoms with Crippen molar-refractivity contribution in [2.75, 3.05) is 12.4 Å². The SMILES string of the molecule is COc1ccc(-c2nnsc2C(=O)Nc2cc(Cl)cc(Cl)c2)cc1. The van der Waals surface area contributed by atoms with Gasteiger partial charge in [-0.1, -0.05) is 27.7 Å². The Bertz CT molecular complexity index is 861. The third-order valence-corrected chi connectivity index (χ3v) is 4.34. The molecule has 0 atom stereocenters. The average Bonchev–Trinajstić information content (AvgIpc) is 3.03. The number of methoxy groups -OCH3 is 1. The molecule has 0 saturated heterocycles. The van der Waals surface area contributed by atoms with Gasteiger partial charge in [0.1, 0.15) is 16.3 Å². The summed E-state index contributed by atoms with van der Waals surface area (Å²) in [5.41, 5.74) is 1.79. The van der Waals surface area contributed by atoms with E-state index in [0.29, 0.717) is 26.3 Å². The number of anilines is 1. The minimum atomic E-state index is -0.325. The molecule has 0 fully saturated rings. The maximum Gasteiger partial charge on any atom is 0.269 e. The van der Waals surface area contributed by atoms with Crippen molar-refractivity contribution in [2.45, 2.75) is 0 Å². The van der Waals surface area contributed by atoms with Crippen LogP contribution in [-0.4, -0.2) is 22.6 Å². The van der Waals surface area contributed by atoms with Crippen LogP contribution in [0.1, 0.15) is 9.67 Å². The van der Waals surface area contributed by atoms with Crippen LogP contribution in [0.4, 0.5) is 5.69 Å². The summed E-state index contributed by atoms with van der Waals surface area (Å²) in [6, 6.07) is 12.1. The average molecular weight is 380 g/mol. The number of carbonyl (C=O) groups excluding carboxylic acids is 1. The minimum Gasteiger partial charge on any atom is -0.497 e. The van der Waals surface area contributed by atoms with Gasteiger partial charge < -0.3 is 10.1 Å². The van der Waals surface area contributed by atoms with Gasteiger partial charge in [0.2, 0.25) is 0 Å². The highest BCUT2D eigenvalue weighted by molar-refractivity contribution is 7.08. The van der Waals surface area contributed by atoms with Crippen molar-refractivity contribution in [2.24, 2.45) is 0 Å². The zero-order valence-electron chi connectivity index (χ0n) is 12.4. The smallest absolute Gasteiger partial charge is 0.269 e. The van der Waals surface area contributed by atoms with Gasteiger partial charge in [0.25, 0.3) is 5.91 Å². The molecule has 1 heterocycles. The van der Waals surface area contributed by atoms with Crippen molar-refractivity contribution < 1.29 is 9.53 Å². The molecule has 0 bridgehead atoms. The lowest BCUT2D eigenvalue weighted by Crippen LogP contribution is -2.11. The van der Waals surface area contributed by atoms with Gasteiger partial charge in [-0.3, -0.25) is 4.79 Å². The zero-order chi connectivity index (χ0) is 17.1. The van der Waals surface area contributed by atoms with Crippen LogP contribution < -0.4 is 10.1 Å². The van der Waals surface area contributed by atoms with E-state index in [1.165, 1.54) is 0 Å². The molecular formula is C16H11Cl2N3O2S. The van der Waals surface area contributed by atoms with Crippen LogP contribution in [0.3, 0.4) is 0 Å². The number of hydrogen-bond acceptors (Lipinski definition) is 5. The predicted octanol–water partition coefficient (Wildman–Crippen LogP) is 4.77. The van der Waals surface area contributed by atoms with E-state index in [2.05, 4.69) is 14.9 Å². The minimum absolute atomic E-state index is 0.325. The van der Waals surface area contributed by atoms with Gasteiger partial charge in [-0.15, -0.1) is 5.10 Å². The Labute approximate surface area is 152 Å². The van der Waals surface area contributed by atoms with Crippen LogP contribution in [0.5, 0.6) is 5.75 Å². The largest absolute Gasteiger partial charge is 0.497 e. The van der Waals surface area contributed by atoms with Crippen LogP contribution in [-0.2, 0) is 0 Å². The van der Waals surface area contributed by atoms with Gasteiger partial charge in [-0.2, -0.15) is 0 Å². The molecule has 5 nitrogen and oxygen atoms in total. The number of amides is 1. The first-order chi connectivity index (χ1) is 11.6. The standard InChI is InChI=1S/C16H11Cl2N3O2S/c1-23-13-4-2-9(3-5-13)14-15(24-21-20-14)16(22)19-12-7-10(17)6-11(18)8-12/h2-8H,1H3,(H,19,22). The topological polar surface area (TPSA) is 64.1 Å². The molecule has 1 amide bonds. The number of nitrogens with zero attached hydrogens (tertiary/aromatic N) is 2. The molecule has 0 saturated carbocycles. The third kappa shape index (κ3) is 3.67. The molecule has 0 aliphatic rings. The van der Waals surface area contributed by atoms with Gasteiger partial charge in [0, 0.05) is 21.3 Å². The first-order valence-electron chi connectivity index (χ1n) is 6.81. The van der Waals surface area contributed by atoms with E-state index in [9.17, 15) is 4.79 Å². The molecule has 2 aromatic carbocycles. The van der Waals surface area contributed by atoms with Crippen LogP contribution in [0, 0.1) is 0 Å². The van der Waals surface area contributed by atoms with Crippen molar-refractivity contribution in [3.63, 3.8) is 0 Å². The summed E-state index contributed by atoms with van der Waals surface area (Å²) in [6.07, 6.45) is 0. The molecule has 1 aromatic heterocycles. The fourth-order valence-corrected chi connectivity index (χ4v) is 3.20. The molecule has 0 radical (unpaired) electrons. The summed E-state index contributed by atoms with van der Waals surface area (Å²) >= 11 is 12.9. The number of rotatable bonds is 4. The van der Waals surface area contributed by atoms with Gasteiger partial charge >= 0.3 is 0 Å². The number of aromatic nitrogens is 2. The molecule has 8 heteroatoms. The Morgan fingerprint density at radius 1 is 1.12 bits per heavy atom. The highest BCUT2D eigenvalue weighted by Crippen LogP contribution is 2.28. The summed E-state index contributed by atoms with van der Waals surface area (Å²) in [7, 11) is 1.59. The Morgan fingerprint density at radius 3 is 2.42 bits per heavy atom. The maximum atomic E-state index is 12.5. The van der Waals surface area contributed by atoms with E-state index in [-0.39, 0.29) is 5.91 Å². The van der Waals surface area contributed by atoms with Crippen molar-refractivity contribution in [1.82, 2.24) is 9.59 Å². The lowest BCUT2D eigenvalue weighted by molar-refractivity contribution is 0.103. The van der Waals surface area contributed by atoms with E-state index in [1.54, 1.807) is 37.4 Å². The summed E-state index contributed by atoms with van der Waals surface area (Å²) < 4.78 is 9.01. The Balaban J connectivity index is 1.87. The highest BCUT2D eigenvalue weighted by atomic mass is 35.5. The highest BCUT2D eigenvalue weighted by Gasteiger charge is 2.18. The molecule has 122 valence electrons. The van der Waals surface area contributed by atoms with Gasteiger partial charge in [-0.25, -0.2) is 0 Å². The lowest BCUT2D eigenvalue weighted by Gasteiger charge is -2.06. The van der Waals surface area contributed by atoms with Gasteiger partial charge in [0.05, 0.1) is 7.11 Å². The number of nitrogens with one attached hydrogen (secondary N) is 1. The second-order valence-corrected chi connectivity index (χ2v) is 6.42. The van der Waals surface area contributed by atoms with Crippen molar-refractivity contribution in [3.05, 3.63) is 57.4 Å². The third-order valence-electron chi connectivity index (χ3n) is 3.18. The molecule has 3 rings (SSSR count). The van der Waals surface area contributed by atoms with Crippen molar-refractivity contribution >= 4 is 46.3 Å². The number of ether oxygens (including phenoxy) is 1. The number of halogens is 2. The van der Waals surface area contributed by atoms with Crippen LogP contribution in [0.25, 0.3) is 11.3 Å². The quantitative estimate of drug-likeness (QED) is 0.708. The lowest BCUT2D eigenvalue weighted by atomic mass is 10.1. The summed E-state index contributed by atoms with van der Waals surface area (Å²) in [4.78, 5) is 12.9. The fourth-order valence-electron chi connectivity index (χ4n) is 2.09. The number of benzene rings is 2. The fraction of sp³-hybridized carbons (Fsp3) is 0.0625. The first kappa shape index (κ1) is 16.7. The Morgan fingerprint density at radius 2 is 1.79 bits per heavy atom. The molecular weight excluding hydrogens is 369 g/mol. The number of hydrogen-bond donors (Lipinski definition) is 1. The van der Waals surface area contributed by atoms with Crippen LogP contribution in [0.15, 0.2) is 42.5 Å². The monoisotopic (exact) mass is 379 g/mol. The molecule has 0 spiro atoms. The Hall–Kier alpha value is -2.15. The van der Waals surface area contributed by atoms with Gasteiger partial charge in [-0.05, 0) is 54.0 Å². The zero-order valence-corrected chi connectivity index (χ0v) is 14.7. The van der Waals surface area contributed by atoms with E-state index in [1.807, 2.05) is 12.1 Å². The Kier molecular flexibility index (Phi) is 4.99. The molecule has 0 aliphatic heterocycles. The van der Waals surface area contributed by atoms with E-state index in [4.69, 9.17) is 27.9 Å².